The van der Waals surface area contributed by atoms with Crippen LogP contribution < -0.4 is 19.6 Å². The van der Waals surface area contributed by atoms with Gasteiger partial charge in [0.05, 0.1) is 37.2 Å². The summed E-state index contributed by atoms with van der Waals surface area (Å²) in [6, 6.07) is 9.46. The van der Waals surface area contributed by atoms with Gasteiger partial charge >= 0.3 is 0 Å². The molecule has 2 aromatic rings. The van der Waals surface area contributed by atoms with E-state index in [4.69, 9.17) is 14.2 Å². The number of hydrogen-bond donors (Lipinski definition) is 1. The number of carbonyl (C=O) groups excluding carboxylic acids is 1. The van der Waals surface area contributed by atoms with Crippen LogP contribution in [-0.4, -0.2) is 46.6 Å². The van der Waals surface area contributed by atoms with Gasteiger partial charge < -0.3 is 14.2 Å². The minimum Gasteiger partial charge on any atom is -0.493 e. The number of carbonyl (C=O) groups is 1. The van der Waals surface area contributed by atoms with Crippen LogP contribution >= 0.6 is 0 Å². The van der Waals surface area contributed by atoms with Crippen molar-refractivity contribution in [1.29, 1.82) is 0 Å². The van der Waals surface area contributed by atoms with Crippen molar-refractivity contribution in [1.82, 2.24) is 5.43 Å². The molecule has 0 saturated carbocycles. The van der Waals surface area contributed by atoms with E-state index < -0.39 is 20.5 Å². The first-order valence-corrected chi connectivity index (χ1v) is 10.5. The lowest BCUT2D eigenvalue weighted by atomic mass is 10.1. The lowest BCUT2D eigenvalue weighted by molar-refractivity contribution is 0.0954. The summed E-state index contributed by atoms with van der Waals surface area (Å²) in [6.07, 6.45) is 1.30. The number of hydrogen-bond acceptors (Lipinski definition) is 7. The van der Waals surface area contributed by atoms with Crippen LogP contribution in [0.15, 0.2) is 46.4 Å². The fourth-order valence-corrected chi connectivity index (χ4v) is 3.95. The maximum Gasteiger partial charge on any atom is 0.271 e. The standard InChI is InChI=1S/C21H26N2O6S/c1-21(2,3)30(25,26)18-10-8-7-9-14(18)13-22-23-20(24)15-11-16(27-4)19(29-6)17(12-15)28-5/h7-13H,1-6H3,(H,23,24)/b22-13-. The summed E-state index contributed by atoms with van der Waals surface area (Å²) in [4.78, 5) is 12.7. The van der Waals surface area contributed by atoms with E-state index in [9.17, 15) is 13.2 Å². The van der Waals surface area contributed by atoms with Crippen LogP contribution in [0.3, 0.4) is 0 Å². The Labute approximate surface area is 176 Å². The van der Waals surface area contributed by atoms with Gasteiger partial charge in [0.2, 0.25) is 5.75 Å². The number of rotatable bonds is 7. The van der Waals surface area contributed by atoms with Gasteiger partial charge in [-0.05, 0) is 39.0 Å². The van der Waals surface area contributed by atoms with E-state index in [0.29, 0.717) is 22.8 Å². The number of benzene rings is 2. The number of hydrazone groups is 1. The summed E-state index contributed by atoms with van der Waals surface area (Å²) in [5, 5.41) is 3.93. The van der Waals surface area contributed by atoms with Gasteiger partial charge in [0, 0.05) is 11.1 Å². The monoisotopic (exact) mass is 434 g/mol. The molecule has 2 rings (SSSR count). The number of methoxy groups -OCH3 is 3. The zero-order valence-electron chi connectivity index (χ0n) is 17.8. The van der Waals surface area contributed by atoms with E-state index in [1.807, 2.05) is 0 Å². The zero-order chi connectivity index (χ0) is 22.5. The summed E-state index contributed by atoms with van der Waals surface area (Å²) in [6.45, 7) is 4.88. The topological polar surface area (TPSA) is 103 Å². The minimum absolute atomic E-state index is 0.142. The molecular formula is C21H26N2O6S. The molecule has 0 bridgehead atoms. The molecule has 0 aliphatic rings. The summed E-state index contributed by atoms with van der Waals surface area (Å²) in [7, 11) is 0.776. The van der Waals surface area contributed by atoms with Crippen LogP contribution in [0.1, 0.15) is 36.7 Å². The first kappa shape index (κ1) is 23.2. The highest BCUT2D eigenvalue weighted by Crippen LogP contribution is 2.38. The molecular weight excluding hydrogens is 408 g/mol. The third kappa shape index (κ3) is 4.73. The van der Waals surface area contributed by atoms with Crippen molar-refractivity contribution in [2.75, 3.05) is 21.3 Å². The maximum absolute atomic E-state index is 12.8. The van der Waals surface area contributed by atoms with E-state index >= 15 is 0 Å². The van der Waals surface area contributed by atoms with Gasteiger partial charge in [0.15, 0.2) is 21.3 Å². The fourth-order valence-electron chi connectivity index (χ4n) is 2.60. The molecule has 0 radical (unpaired) electrons. The van der Waals surface area contributed by atoms with Gasteiger partial charge in [0.25, 0.3) is 5.91 Å². The van der Waals surface area contributed by atoms with Crippen LogP contribution in [0.2, 0.25) is 0 Å². The van der Waals surface area contributed by atoms with Gasteiger partial charge in [-0.1, -0.05) is 18.2 Å². The molecule has 0 aliphatic heterocycles. The Morgan fingerprint density at radius 3 is 2.07 bits per heavy atom. The van der Waals surface area contributed by atoms with E-state index in [1.54, 1.807) is 39.0 Å². The van der Waals surface area contributed by atoms with Gasteiger partial charge in [-0.25, -0.2) is 13.8 Å². The highest BCUT2D eigenvalue weighted by atomic mass is 32.2. The number of sulfone groups is 1. The van der Waals surface area contributed by atoms with Crippen LogP contribution in [0.25, 0.3) is 0 Å². The van der Waals surface area contributed by atoms with Crippen molar-refractivity contribution in [2.45, 2.75) is 30.4 Å². The van der Waals surface area contributed by atoms with Crippen molar-refractivity contribution >= 4 is 22.0 Å². The van der Waals surface area contributed by atoms with Crippen molar-refractivity contribution < 1.29 is 27.4 Å². The second-order valence-corrected chi connectivity index (χ2v) is 9.94. The number of ether oxygens (including phenoxy) is 3. The average molecular weight is 435 g/mol. The average Bonchev–Trinajstić information content (AvgIpc) is 2.71. The Balaban J connectivity index is 2.31. The normalized spacial score (nSPS) is 11.9. The molecule has 0 unspecified atom stereocenters. The molecule has 0 atom stereocenters. The highest BCUT2D eigenvalue weighted by Gasteiger charge is 2.32. The van der Waals surface area contributed by atoms with E-state index in [2.05, 4.69) is 10.5 Å². The number of nitrogens with one attached hydrogen (secondary N) is 1. The fraction of sp³-hybridized carbons (Fsp3) is 0.333. The lowest BCUT2D eigenvalue weighted by Crippen LogP contribution is -2.28. The Bertz CT molecular complexity index is 1030. The predicted octanol–water partition coefficient (Wildman–Crippen LogP) is 3.05. The molecule has 0 saturated heterocycles. The largest absolute Gasteiger partial charge is 0.493 e. The van der Waals surface area contributed by atoms with Gasteiger partial charge in [-0.3, -0.25) is 4.79 Å². The lowest BCUT2D eigenvalue weighted by Gasteiger charge is -2.20. The maximum atomic E-state index is 12.8. The van der Waals surface area contributed by atoms with E-state index in [1.165, 1.54) is 45.7 Å². The first-order chi connectivity index (χ1) is 14.1. The molecule has 8 nitrogen and oxygen atoms in total. The highest BCUT2D eigenvalue weighted by molar-refractivity contribution is 7.92. The molecule has 0 spiro atoms. The zero-order valence-corrected chi connectivity index (χ0v) is 18.7. The summed E-state index contributed by atoms with van der Waals surface area (Å²) >= 11 is 0. The predicted molar refractivity (Wildman–Crippen MR) is 115 cm³/mol. The smallest absolute Gasteiger partial charge is 0.271 e. The Kier molecular flexibility index (Phi) is 7.09. The molecule has 0 aliphatic carbocycles. The number of amides is 1. The molecule has 9 heteroatoms. The molecule has 0 aromatic heterocycles. The SMILES string of the molecule is COc1cc(C(=O)N/N=C\c2ccccc2S(=O)(=O)C(C)(C)C)cc(OC)c1OC. The summed E-state index contributed by atoms with van der Waals surface area (Å²) in [5.74, 6) is 0.489. The molecule has 1 amide bonds. The molecule has 0 heterocycles. The van der Waals surface area contributed by atoms with Crippen molar-refractivity contribution in [3.63, 3.8) is 0 Å². The van der Waals surface area contributed by atoms with Crippen molar-refractivity contribution in [2.24, 2.45) is 5.10 Å². The molecule has 2 aromatic carbocycles. The first-order valence-electron chi connectivity index (χ1n) is 9.04. The Hall–Kier alpha value is -3.07. The van der Waals surface area contributed by atoms with Gasteiger partial charge in [-0.15, -0.1) is 0 Å². The Morgan fingerprint density at radius 1 is 1.00 bits per heavy atom. The van der Waals surface area contributed by atoms with Crippen LogP contribution in [0.4, 0.5) is 0 Å². The van der Waals surface area contributed by atoms with Crippen LogP contribution in [0.5, 0.6) is 17.2 Å². The number of nitrogens with zero attached hydrogens (tertiary/aromatic N) is 1. The van der Waals surface area contributed by atoms with Crippen LogP contribution in [-0.2, 0) is 9.84 Å². The minimum atomic E-state index is -3.59. The second kappa shape index (κ2) is 9.17. The van der Waals surface area contributed by atoms with Crippen molar-refractivity contribution in [3.8, 4) is 17.2 Å². The molecule has 162 valence electrons. The molecule has 0 fully saturated rings. The third-order valence-electron chi connectivity index (χ3n) is 4.31. The van der Waals surface area contributed by atoms with Crippen molar-refractivity contribution in [3.05, 3.63) is 47.5 Å². The van der Waals surface area contributed by atoms with E-state index in [-0.39, 0.29) is 10.5 Å². The summed E-state index contributed by atoms with van der Waals surface area (Å²) < 4.78 is 40.3. The second-order valence-electron chi connectivity index (χ2n) is 7.27. The van der Waals surface area contributed by atoms with E-state index in [0.717, 1.165) is 0 Å². The summed E-state index contributed by atoms with van der Waals surface area (Å²) in [5.41, 5.74) is 3.00. The quantitative estimate of drug-likeness (QED) is 0.531. The molecule has 30 heavy (non-hydrogen) atoms. The van der Waals surface area contributed by atoms with Crippen LogP contribution in [0, 0.1) is 0 Å². The Morgan fingerprint density at radius 2 is 1.57 bits per heavy atom. The van der Waals surface area contributed by atoms with Gasteiger partial charge in [-0.2, -0.15) is 5.10 Å². The molecule has 1 N–H and O–H groups in total. The third-order valence-corrected chi connectivity index (χ3v) is 6.87. The van der Waals surface area contributed by atoms with Gasteiger partial charge in [0.1, 0.15) is 0 Å².